The summed E-state index contributed by atoms with van der Waals surface area (Å²) in [6.07, 6.45) is 1.86. The normalized spacial score (nSPS) is 22.3. The molecule has 0 aromatic heterocycles. The highest BCUT2D eigenvalue weighted by Crippen LogP contribution is 2.36. The second-order valence-electron chi connectivity index (χ2n) is 3.83. The molecular weight excluding hydrogens is 208 g/mol. The number of hydrogen-bond donors (Lipinski definition) is 1. The highest BCUT2D eigenvalue weighted by Gasteiger charge is 2.21. The minimum Gasteiger partial charge on any atom is -0.454 e. The third-order valence-corrected chi connectivity index (χ3v) is 2.76. The molecule has 0 radical (unpaired) electrons. The quantitative estimate of drug-likeness (QED) is 0.765. The number of aliphatic hydroxyl groups excluding tert-OH is 1. The molecule has 1 atom stereocenters. The maximum Gasteiger partial charge on any atom is 0.231 e. The standard InChI is InChI=1S/C12H12O4/c13-5-8-3-11(14-6-8)9-1-2-10-12(4-9)16-7-15-10/h1-4,11,13H,5-7H2/t11-/m1/s1. The van der Waals surface area contributed by atoms with Gasteiger partial charge >= 0.3 is 0 Å². The van der Waals surface area contributed by atoms with Gasteiger partial charge in [0.2, 0.25) is 6.79 Å². The van der Waals surface area contributed by atoms with E-state index in [0.29, 0.717) is 6.61 Å². The van der Waals surface area contributed by atoms with Crippen LogP contribution in [0.2, 0.25) is 0 Å². The van der Waals surface area contributed by atoms with Crippen LogP contribution in [-0.4, -0.2) is 25.1 Å². The van der Waals surface area contributed by atoms with Crippen LogP contribution in [0.1, 0.15) is 11.7 Å². The second kappa shape index (κ2) is 3.81. The van der Waals surface area contributed by atoms with Crippen molar-refractivity contribution in [3.05, 3.63) is 35.4 Å². The Balaban J connectivity index is 1.88. The van der Waals surface area contributed by atoms with Crippen LogP contribution in [0, 0.1) is 0 Å². The molecule has 0 spiro atoms. The van der Waals surface area contributed by atoms with Crippen LogP contribution < -0.4 is 9.47 Å². The molecule has 0 aliphatic carbocycles. The zero-order valence-electron chi connectivity index (χ0n) is 8.68. The molecule has 3 rings (SSSR count). The zero-order chi connectivity index (χ0) is 11.0. The number of hydrogen-bond acceptors (Lipinski definition) is 4. The molecule has 0 fully saturated rings. The van der Waals surface area contributed by atoms with Gasteiger partial charge in [-0.25, -0.2) is 0 Å². The summed E-state index contributed by atoms with van der Waals surface area (Å²) in [6, 6.07) is 5.75. The highest BCUT2D eigenvalue weighted by molar-refractivity contribution is 5.46. The molecule has 0 unspecified atom stereocenters. The first-order valence-electron chi connectivity index (χ1n) is 5.18. The van der Waals surface area contributed by atoms with Crippen LogP contribution in [0.15, 0.2) is 29.8 Å². The van der Waals surface area contributed by atoms with Crippen molar-refractivity contribution in [2.24, 2.45) is 0 Å². The summed E-state index contributed by atoms with van der Waals surface area (Å²) < 4.78 is 16.1. The van der Waals surface area contributed by atoms with E-state index in [-0.39, 0.29) is 19.5 Å². The summed E-state index contributed by atoms with van der Waals surface area (Å²) in [4.78, 5) is 0. The Hall–Kier alpha value is -1.52. The third-order valence-electron chi connectivity index (χ3n) is 2.76. The van der Waals surface area contributed by atoms with Crippen LogP contribution in [0.3, 0.4) is 0 Å². The largest absolute Gasteiger partial charge is 0.454 e. The van der Waals surface area contributed by atoms with Crippen molar-refractivity contribution in [3.63, 3.8) is 0 Å². The summed E-state index contributed by atoms with van der Waals surface area (Å²) in [5.41, 5.74) is 1.94. The number of aliphatic hydroxyl groups is 1. The molecule has 2 aliphatic rings. The zero-order valence-corrected chi connectivity index (χ0v) is 8.68. The van der Waals surface area contributed by atoms with Gasteiger partial charge in [0, 0.05) is 0 Å². The van der Waals surface area contributed by atoms with Crippen molar-refractivity contribution in [3.8, 4) is 11.5 Å². The van der Waals surface area contributed by atoms with Gasteiger partial charge in [-0.15, -0.1) is 0 Å². The van der Waals surface area contributed by atoms with Gasteiger partial charge in [0.25, 0.3) is 0 Å². The average Bonchev–Trinajstić information content (AvgIpc) is 2.96. The predicted octanol–water partition coefficient (Wildman–Crippen LogP) is 1.41. The Labute approximate surface area is 93.1 Å². The molecule has 0 amide bonds. The van der Waals surface area contributed by atoms with E-state index >= 15 is 0 Å². The monoisotopic (exact) mass is 220 g/mol. The van der Waals surface area contributed by atoms with E-state index < -0.39 is 0 Å². The lowest BCUT2D eigenvalue weighted by atomic mass is 10.1. The van der Waals surface area contributed by atoms with Crippen molar-refractivity contribution in [2.45, 2.75) is 6.10 Å². The van der Waals surface area contributed by atoms with E-state index in [1.54, 1.807) is 0 Å². The van der Waals surface area contributed by atoms with E-state index in [1.807, 2.05) is 24.3 Å². The van der Waals surface area contributed by atoms with Crippen LogP contribution in [0.5, 0.6) is 11.5 Å². The number of rotatable bonds is 2. The molecule has 0 saturated carbocycles. The third kappa shape index (κ3) is 1.56. The minimum atomic E-state index is -0.0864. The molecule has 0 bridgehead atoms. The predicted molar refractivity (Wildman–Crippen MR) is 56.4 cm³/mol. The second-order valence-corrected chi connectivity index (χ2v) is 3.83. The van der Waals surface area contributed by atoms with Crippen LogP contribution in [0.4, 0.5) is 0 Å². The van der Waals surface area contributed by atoms with Gasteiger partial charge in [-0.1, -0.05) is 6.07 Å². The molecule has 2 heterocycles. The van der Waals surface area contributed by atoms with E-state index in [9.17, 15) is 0 Å². The van der Waals surface area contributed by atoms with E-state index in [4.69, 9.17) is 19.3 Å². The topological polar surface area (TPSA) is 47.9 Å². The van der Waals surface area contributed by atoms with Crippen molar-refractivity contribution in [1.29, 1.82) is 0 Å². The smallest absolute Gasteiger partial charge is 0.231 e. The highest BCUT2D eigenvalue weighted by atomic mass is 16.7. The first-order valence-corrected chi connectivity index (χ1v) is 5.18. The molecular formula is C12H12O4. The molecule has 4 nitrogen and oxygen atoms in total. The van der Waals surface area contributed by atoms with E-state index in [0.717, 1.165) is 22.6 Å². The summed E-state index contributed by atoms with van der Waals surface area (Å²) in [6.45, 7) is 0.832. The maximum absolute atomic E-state index is 8.99. The van der Waals surface area contributed by atoms with Gasteiger partial charge in [0.1, 0.15) is 6.10 Å². The van der Waals surface area contributed by atoms with Gasteiger partial charge in [-0.2, -0.15) is 0 Å². The van der Waals surface area contributed by atoms with Crippen molar-refractivity contribution in [1.82, 2.24) is 0 Å². The Bertz CT molecular complexity index is 439. The maximum atomic E-state index is 8.99. The lowest BCUT2D eigenvalue weighted by Crippen LogP contribution is -1.96. The lowest BCUT2D eigenvalue weighted by Gasteiger charge is -2.08. The molecule has 1 aromatic rings. The Morgan fingerprint density at radius 2 is 2.12 bits per heavy atom. The Morgan fingerprint density at radius 3 is 2.94 bits per heavy atom. The number of benzene rings is 1. The van der Waals surface area contributed by atoms with Gasteiger partial charge in [-0.05, 0) is 29.3 Å². The fourth-order valence-electron chi connectivity index (χ4n) is 1.89. The summed E-state index contributed by atoms with van der Waals surface area (Å²) in [5.74, 6) is 1.53. The summed E-state index contributed by atoms with van der Waals surface area (Å²) in [7, 11) is 0. The van der Waals surface area contributed by atoms with E-state index in [2.05, 4.69) is 0 Å². The van der Waals surface area contributed by atoms with Crippen LogP contribution >= 0.6 is 0 Å². The summed E-state index contributed by atoms with van der Waals surface area (Å²) >= 11 is 0. The number of ether oxygens (including phenoxy) is 3. The first kappa shape index (κ1) is 9.69. The molecule has 1 aromatic carbocycles. The lowest BCUT2D eigenvalue weighted by molar-refractivity contribution is 0.122. The molecule has 0 saturated heterocycles. The van der Waals surface area contributed by atoms with Crippen LogP contribution in [-0.2, 0) is 4.74 Å². The Kier molecular flexibility index (Phi) is 2.31. The fraction of sp³-hybridized carbons (Fsp3) is 0.333. The molecule has 16 heavy (non-hydrogen) atoms. The van der Waals surface area contributed by atoms with Crippen molar-refractivity contribution < 1.29 is 19.3 Å². The number of fused-ring (bicyclic) bond motifs is 1. The van der Waals surface area contributed by atoms with Gasteiger partial charge in [0.15, 0.2) is 11.5 Å². The average molecular weight is 220 g/mol. The SMILES string of the molecule is OCC1=C[C@H](c2ccc3c(c2)OCO3)OC1. The van der Waals surface area contributed by atoms with Gasteiger partial charge in [0.05, 0.1) is 13.2 Å². The van der Waals surface area contributed by atoms with Crippen molar-refractivity contribution in [2.75, 3.05) is 20.0 Å². The van der Waals surface area contributed by atoms with E-state index in [1.165, 1.54) is 0 Å². The summed E-state index contributed by atoms with van der Waals surface area (Å²) in [5, 5.41) is 8.99. The van der Waals surface area contributed by atoms with Crippen LogP contribution in [0.25, 0.3) is 0 Å². The molecule has 84 valence electrons. The Morgan fingerprint density at radius 1 is 1.25 bits per heavy atom. The van der Waals surface area contributed by atoms with Crippen molar-refractivity contribution >= 4 is 0 Å². The molecule has 1 N–H and O–H groups in total. The minimum absolute atomic E-state index is 0.0566. The molecule has 4 heteroatoms. The molecule has 2 aliphatic heterocycles. The van der Waals surface area contributed by atoms with Gasteiger partial charge in [-0.3, -0.25) is 0 Å². The van der Waals surface area contributed by atoms with Gasteiger partial charge < -0.3 is 19.3 Å². The first-order chi connectivity index (χ1) is 7.86. The fourth-order valence-corrected chi connectivity index (χ4v) is 1.89.